The number of para-hydroxylation sites is 1. The van der Waals surface area contributed by atoms with Gasteiger partial charge in [0, 0.05) is 44.2 Å². The normalized spacial score (nSPS) is 30.9. The summed E-state index contributed by atoms with van der Waals surface area (Å²) in [7, 11) is 1.80. The van der Waals surface area contributed by atoms with E-state index >= 15 is 0 Å². The van der Waals surface area contributed by atoms with Gasteiger partial charge < -0.3 is 19.9 Å². The van der Waals surface area contributed by atoms with Gasteiger partial charge in [-0.1, -0.05) is 18.2 Å². The van der Waals surface area contributed by atoms with E-state index in [0.717, 1.165) is 37.7 Å². The van der Waals surface area contributed by atoms with Gasteiger partial charge in [-0.3, -0.25) is 9.79 Å². The van der Waals surface area contributed by atoms with Crippen LogP contribution in [0.3, 0.4) is 0 Å². The number of benzene rings is 1. The number of halogens is 1. The molecule has 6 nitrogen and oxygen atoms in total. The van der Waals surface area contributed by atoms with Crippen LogP contribution in [-0.2, 0) is 16.0 Å². The molecule has 5 rings (SSSR count). The Kier molecular flexibility index (Phi) is 5.33. The van der Waals surface area contributed by atoms with Crippen LogP contribution < -0.4 is 10.2 Å². The average molecular weight is 482 g/mol. The Balaban J connectivity index is 0.00000180. The highest BCUT2D eigenvalue weighted by atomic mass is 127. The summed E-state index contributed by atoms with van der Waals surface area (Å²) in [6.07, 6.45) is 4.23. The number of rotatable bonds is 2. The Bertz CT molecular complexity index is 737. The molecule has 1 amide bonds. The molecule has 27 heavy (non-hydrogen) atoms. The second-order valence-corrected chi connectivity index (χ2v) is 7.85. The summed E-state index contributed by atoms with van der Waals surface area (Å²) in [5, 5.41) is 3.30. The van der Waals surface area contributed by atoms with E-state index in [-0.39, 0.29) is 36.4 Å². The molecule has 0 saturated carbocycles. The predicted molar refractivity (Wildman–Crippen MR) is 116 cm³/mol. The zero-order valence-corrected chi connectivity index (χ0v) is 18.0. The van der Waals surface area contributed by atoms with E-state index < -0.39 is 0 Å². The fourth-order valence-electron chi connectivity index (χ4n) is 5.31. The number of hydrogen-bond donors (Lipinski definition) is 1. The first-order chi connectivity index (χ1) is 12.7. The first kappa shape index (κ1) is 19.0. The molecule has 7 heteroatoms. The maximum absolute atomic E-state index is 12.7. The molecule has 4 unspecified atom stereocenters. The maximum Gasteiger partial charge on any atom is 0.246 e. The van der Waals surface area contributed by atoms with Crippen molar-refractivity contribution in [1.82, 2.24) is 10.2 Å². The molecule has 146 valence electrons. The quantitative estimate of drug-likeness (QED) is 0.398. The van der Waals surface area contributed by atoms with Gasteiger partial charge >= 0.3 is 0 Å². The van der Waals surface area contributed by atoms with Crippen molar-refractivity contribution < 1.29 is 9.53 Å². The zero-order chi connectivity index (χ0) is 17.7. The van der Waals surface area contributed by atoms with E-state index in [1.54, 1.807) is 7.05 Å². The fraction of sp³-hybridized carbons (Fsp3) is 0.600. The van der Waals surface area contributed by atoms with Gasteiger partial charge in [-0.2, -0.15) is 0 Å². The first-order valence-electron chi connectivity index (χ1n) is 9.74. The number of amides is 1. The molecule has 3 fully saturated rings. The molecule has 0 aromatic heterocycles. The topological polar surface area (TPSA) is 57.2 Å². The molecular weight excluding hydrogens is 455 g/mol. The lowest BCUT2D eigenvalue weighted by atomic mass is 9.82. The number of fused-ring (bicyclic) bond motifs is 6. The molecule has 1 aromatic carbocycles. The molecule has 3 saturated heterocycles. The highest BCUT2D eigenvalue weighted by molar-refractivity contribution is 14.0. The monoisotopic (exact) mass is 482 g/mol. The highest BCUT2D eigenvalue weighted by Crippen LogP contribution is 2.47. The van der Waals surface area contributed by atoms with Crippen molar-refractivity contribution in [2.45, 2.75) is 31.5 Å². The van der Waals surface area contributed by atoms with E-state index in [9.17, 15) is 4.79 Å². The third-order valence-electron chi connectivity index (χ3n) is 6.55. The summed E-state index contributed by atoms with van der Waals surface area (Å²) in [5.41, 5.74) is 2.31. The van der Waals surface area contributed by atoms with Crippen LogP contribution >= 0.6 is 24.0 Å². The number of guanidine groups is 1. The number of anilines is 1. The minimum absolute atomic E-state index is 0. The lowest BCUT2D eigenvalue weighted by Crippen LogP contribution is -2.46. The Hall–Kier alpha value is -1.35. The highest BCUT2D eigenvalue weighted by Gasteiger charge is 2.53. The molecule has 1 aromatic rings. The Morgan fingerprint density at radius 3 is 2.63 bits per heavy atom. The summed E-state index contributed by atoms with van der Waals surface area (Å²) in [6, 6.07) is 8.17. The Morgan fingerprint density at radius 2 is 1.93 bits per heavy atom. The molecule has 1 N–H and O–H groups in total. The second kappa shape index (κ2) is 7.58. The fourth-order valence-corrected chi connectivity index (χ4v) is 5.31. The van der Waals surface area contributed by atoms with Crippen molar-refractivity contribution in [1.29, 1.82) is 0 Å². The van der Waals surface area contributed by atoms with Gasteiger partial charge in [-0.05, 0) is 30.9 Å². The summed E-state index contributed by atoms with van der Waals surface area (Å²) in [5.74, 6) is 2.22. The smallest absolute Gasteiger partial charge is 0.246 e. The van der Waals surface area contributed by atoms with Crippen molar-refractivity contribution >= 4 is 41.5 Å². The summed E-state index contributed by atoms with van der Waals surface area (Å²) in [6.45, 7) is 3.04. The van der Waals surface area contributed by atoms with Crippen LogP contribution in [0, 0.1) is 11.8 Å². The van der Waals surface area contributed by atoms with E-state index in [2.05, 4.69) is 21.3 Å². The number of aliphatic imine (C=N–C) groups is 1. The number of hydrogen-bond acceptors (Lipinski definition) is 3. The Morgan fingerprint density at radius 1 is 1.22 bits per heavy atom. The van der Waals surface area contributed by atoms with Gasteiger partial charge in [0.25, 0.3) is 0 Å². The molecule has 4 aliphatic rings. The molecular formula is C20H27IN4O2. The summed E-state index contributed by atoms with van der Waals surface area (Å²) >= 11 is 0. The number of nitrogens with one attached hydrogen (secondary N) is 1. The van der Waals surface area contributed by atoms with Gasteiger partial charge in [-0.25, -0.2) is 0 Å². The minimum atomic E-state index is 0. The lowest BCUT2D eigenvalue weighted by Gasteiger charge is -2.24. The standard InChI is InChI=1S/C20H26N4O2.HI/c1-21-20(23-11-14-15(12-23)18-7-6-17(14)26-18)22-10-19(25)24-9-8-13-4-2-3-5-16(13)24;/h2-5,14-15,17-18H,6-12H2,1H3,(H,21,22);1H. The van der Waals surface area contributed by atoms with Gasteiger partial charge in [0.2, 0.25) is 5.91 Å². The van der Waals surface area contributed by atoms with Crippen molar-refractivity contribution in [3.63, 3.8) is 0 Å². The minimum Gasteiger partial charge on any atom is -0.374 e. The number of carbonyl (C=O) groups excluding carboxylic acids is 1. The SMILES string of the molecule is CN=C(NCC(=O)N1CCc2ccccc21)N1CC2C3CCC(O3)C2C1.I. The largest absolute Gasteiger partial charge is 0.374 e. The average Bonchev–Trinajstić information content (AvgIpc) is 3.42. The van der Waals surface area contributed by atoms with Crippen molar-refractivity contribution in [3.05, 3.63) is 29.8 Å². The number of likely N-dealkylation sites (tertiary alicyclic amines) is 1. The van der Waals surface area contributed by atoms with E-state index in [1.807, 2.05) is 23.1 Å². The molecule has 0 radical (unpaired) electrons. The lowest BCUT2D eigenvalue weighted by molar-refractivity contribution is -0.117. The molecule has 2 bridgehead atoms. The van der Waals surface area contributed by atoms with E-state index in [1.165, 1.54) is 18.4 Å². The third kappa shape index (κ3) is 3.22. The molecule has 0 aliphatic carbocycles. The van der Waals surface area contributed by atoms with Gasteiger partial charge in [0.05, 0.1) is 18.8 Å². The number of ether oxygens (including phenoxy) is 1. The summed E-state index contributed by atoms with van der Waals surface area (Å²) in [4.78, 5) is 21.4. The van der Waals surface area contributed by atoms with Crippen LogP contribution in [0.2, 0.25) is 0 Å². The Labute approximate surface area is 177 Å². The van der Waals surface area contributed by atoms with Crippen LogP contribution in [-0.4, -0.2) is 62.2 Å². The van der Waals surface area contributed by atoms with Crippen molar-refractivity contribution in [2.75, 3.05) is 38.1 Å². The molecule has 4 aliphatic heterocycles. The molecule has 4 heterocycles. The zero-order valence-electron chi connectivity index (χ0n) is 15.6. The maximum atomic E-state index is 12.7. The number of nitrogens with zero attached hydrogens (tertiary/aromatic N) is 3. The molecule has 4 atom stereocenters. The number of carbonyl (C=O) groups is 1. The van der Waals surface area contributed by atoms with Crippen molar-refractivity contribution in [2.24, 2.45) is 16.8 Å². The van der Waals surface area contributed by atoms with Gasteiger partial charge in [-0.15, -0.1) is 24.0 Å². The molecule has 0 spiro atoms. The van der Waals surface area contributed by atoms with Crippen LogP contribution in [0.25, 0.3) is 0 Å². The summed E-state index contributed by atoms with van der Waals surface area (Å²) < 4.78 is 6.05. The van der Waals surface area contributed by atoms with E-state index in [0.29, 0.717) is 24.0 Å². The first-order valence-corrected chi connectivity index (χ1v) is 9.74. The van der Waals surface area contributed by atoms with Crippen LogP contribution in [0.4, 0.5) is 5.69 Å². The van der Waals surface area contributed by atoms with E-state index in [4.69, 9.17) is 4.74 Å². The van der Waals surface area contributed by atoms with Crippen LogP contribution in [0.1, 0.15) is 18.4 Å². The predicted octanol–water partition coefficient (Wildman–Crippen LogP) is 1.88. The van der Waals surface area contributed by atoms with Gasteiger partial charge in [0.1, 0.15) is 0 Å². The van der Waals surface area contributed by atoms with Crippen LogP contribution in [0.15, 0.2) is 29.3 Å². The third-order valence-corrected chi connectivity index (χ3v) is 6.55. The van der Waals surface area contributed by atoms with Gasteiger partial charge in [0.15, 0.2) is 5.96 Å². The second-order valence-electron chi connectivity index (χ2n) is 7.85. The van der Waals surface area contributed by atoms with Crippen molar-refractivity contribution in [3.8, 4) is 0 Å². The van der Waals surface area contributed by atoms with Crippen LogP contribution in [0.5, 0.6) is 0 Å².